The zero-order valence-corrected chi connectivity index (χ0v) is 13.6. The molecule has 2 N–H and O–H groups in total. The molecule has 0 amide bonds. The summed E-state index contributed by atoms with van der Waals surface area (Å²) in [7, 11) is 0. The van der Waals surface area contributed by atoms with E-state index in [1.165, 1.54) is 12.1 Å². The third-order valence-corrected chi connectivity index (χ3v) is 4.31. The van der Waals surface area contributed by atoms with Crippen LogP contribution in [0.3, 0.4) is 0 Å². The standard InChI is InChI=1S/C18H18F3N3O/c1-17(14-7-9-15(10-8-14)25-18(19,20)21)12-23-16(22)24(17)11-13-5-3-2-4-6-13/h2-10H,11-12H2,1H3,(H2,22,23). The van der Waals surface area contributed by atoms with Gasteiger partial charge >= 0.3 is 6.36 Å². The van der Waals surface area contributed by atoms with Gasteiger partial charge in [-0.2, -0.15) is 0 Å². The molecule has 0 aromatic heterocycles. The zero-order valence-electron chi connectivity index (χ0n) is 13.6. The number of rotatable bonds is 4. The summed E-state index contributed by atoms with van der Waals surface area (Å²) in [5, 5.41) is 0. The van der Waals surface area contributed by atoms with E-state index in [0.29, 0.717) is 19.0 Å². The van der Waals surface area contributed by atoms with Crippen molar-refractivity contribution in [1.82, 2.24) is 4.90 Å². The van der Waals surface area contributed by atoms with Crippen LogP contribution < -0.4 is 10.5 Å². The van der Waals surface area contributed by atoms with Crippen molar-refractivity contribution in [3.63, 3.8) is 0 Å². The van der Waals surface area contributed by atoms with Crippen molar-refractivity contribution < 1.29 is 17.9 Å². The maximum atomic E-state index is 12.3. The fourth-order valence-corrected chi connectivity index (χ4v) is 2.94. The van der Waals surface area contributed by atoms with E-state index in [4.69, 9.17) is 5.73 Å². The van der Waals surface area contributed by atoms with E-state index in [-0.39, 0.29) is 5.75 Å². The monoisotopic (exact) mass is 349 g/mol. The second-order valence-electron chi connectivity index (χ2n) is 6.09. The Morgan fingerprint density at radius 3 is 2.36 bits per heavy atom. The van der Waals surface area contributed by atoms with E-state index in [9.17, 15) is 13.2 Å². The molecule has 0 fully saturated rings. The fraction of sp³-hybridized carbons (Fsp3) is 0.278. The number of halogens is 3. The topological polar surface area (TPSA) is 50.9 Å². The molecule has 3 rings (SSSR count). The van der Waals surface area contributed by atoms with Crippen molar-refractivity contribution in [2.75, 3.05) is 6.54 Å². The zero-order chi connectivity index (χ0) is 18.1. The van der Waals surface area contributed by atoms with Gasteiger partial charge in [-0.3, -0.25) is 4.99 Å². The van der Waals surface area contributed by atoms with Crippen LogP contribution >= 0.6 is 0 Å². The van der Waals surface area contributed by atoms with Gasteiger partial charge in [0.15, 0.2) is 5.96 Å². The number of nitrogens with zero attached hydrogens (tertiary/aromatic N) is 2. The molecule has 0 saturated heterocycles. The van der Waals surface area contributed by atoms with Gasteiger partial charge in [0, 0.05) is 6.54 Å². The number of ether oxygens (including phenoxy) is 1. The quantitative estimate of drug-likeness (QED) is 0.917. The Balaban J connectivity index is 1.84. The van der Waals surface area contributed by atoms with E-state index in [1.807, 2.05) is 42.2 Å². The van der Waals surface area contributed by atoms with Gasteiger partial charge in [0.2, 0.25) is 0 Å². The molecule has 1 atom stereocenters. The molecule has 132 valence electrons. The lowest BCUT2D eigenvalue weighted by Gasteiger charge is -2.37. The molecule has 0 spiro atoms. The van der Waals surface area contributed by atoms with Gasteiger partial charge in [-0.25, -0.2) is 0 Å². The largest absolute Gasteiger partial charge is 0.573 e. The first-order chi connectivity index (χ1) is 11.8. The molecule has 2 aromatic rings. The molecular formula is C18H18F3N3O. The number of benzene rings is 2. The number of hydrogen-bond acceptors (Lipinski definition) is 4. The van der Waals surface area contributed by atoms with Gasteiger partial charge < -0.3 is 15.4 Å². The van der Waals surface area contributed by atoms with Gasteiger partial charge in [0.25, 0.3) is 0 Å². The van der Waals surface area contributed by atoms with Crippen LogP contribution in [0, 0.1) is 0 Å². The summed E-state index contributed by atoms with van der Waals surface area (Å²) in [5.74, 6) is 0.170. The molecule has 0 saturated carbocycles. The number of guanidine groups is 1. The Hall–Kier alpha value is -2.70. The molecule has 0 radical (unpaired) electrons. The lowest BCUT2D eigenvalue weighted by atomic mass is 9.90. The van der Waals surface area contributed by atoms with E-state index in [0.717, 1.165) is 11.1 Å². The van der Waals surface area contributed by atoms with E-state index < -0.39 is 11.9 Å². The highest BCUT2D eigenvalue weighted by Crippen LogP contribution is 2.35. The number of hydrogen-bond donors (Lipinski definition) is 1. The van der Waals surface area contributed by atoms with Crippen LogP contribution in [0.2, 0.25) is 0 Å². The van der Waals surface area contributed by atoms with Crippen molar-refractivity contribution in [2.45, 2.75) is 25.4 Å². The second-order valence-corrected chi connectivity index (χ2v) is 6.09. The van der Waals surface area contributed by atoms with Gasteiger partial charge in [-0.05, 0) is 30.2 Å². The molecular weight excluding hydrogens is 331 g/mol. The summed E-state index contributed by atoms with van der Waals surface area (Å²) in [4.78, 5) is 6.29. The SMILES string of the molecule is CC1(c2ccc(OC(F)(F)F)cc2)CN=C(N)N1Cc1ccccc1. The predicted octanol–water partition coefficient (Wildman–Crippen LogP) is 3.63. The fourth-order valence-electron chi connectivity index (χ4n) is 2.94. The summed E-state index contributed by atoms with van der Waals surface area (Å²) >= 11 is 0. The van der Waals surface area contributed by atoms with Crippen molar-refractivity contribution in [3.8, 4) is 5.75 Å². The van der Waals surface area contributed by atoms with E-state index in [1.54, 1.807) is 12.1 Å². The molecule has 1 heterocycles. The van der Waals surface area contributed by atoms with Crippen LogP contribution in [-0.2, 0) is 12.1 Å². The third kappa shape index (κ3) is 3.70. The summed E-state index contributed by atoms with van der Waals surface area (Å²) in [6.45, 7) is 2.97. The van der Waals surface area contributed by atoms with Crippen LogP contribution in [0.25, 0.3) is 0 Å². The molecule has 7 heteroatoms. The summed E-state index contributed by atoms with van der Waals surface area (Å²) in [6, 6.07) is 15.7. The Morgan fingerprint density at radius 2 is 1.76 bits per heavy atom. The van der Waals surface area contributed by atoms with Crippen molar-refractivity contribution >= 4 is 5.96 Å². The van der Waals surface area contributed by atoms with Crippen LogP contribution in [0.5, 0.6) is 5.75 Å². The lowest BCUT2D eigenvalue weighted by molar-refractivity contribution is -0.274. The molecule has 25 heavy (non-hydrogen) atoms. The first-order valence-corrected chi connectivity index (χ1v) is 7.76. The molecule has 0 aliphatic carbocycles. The summed E-state index contributed by atoms with van der Waals surface area (Å²) in [5.41, 5.74) is 7.42. The van der Waals surface area contributed by atoms with Crippen LogP contribution in [0.15, 0.2) is 59.6 Å². The molecule has 1 aliphatic heterocycles. The van der Waals surface area contributed by atoms with Gasteiger partial charge in [0.1, 0.15) is 5.75 Å². The van der Waals surface area contributed by atoms with E-state index in [2.05, 4.69) is 9.73 Å². The van der Waals surface area contributed by atoms with Gasteiger partial charge in [0.05, 0.1) is 12.1 Å². The average molecular weight is 349 g/mol. The first kappa shape index (κ1) is 17.1. The number of alkyl halides is 3. The van der Waals surface area contributed by atoms with Crippen molar-refractivity contribution in [3.05, 3.63) is 65.7 Å². The van der Waals surface area contributed by atoms with E-state index >= 15 is 0 Å². The first-order valence-electron chi connectivity index (χ1n) is 7.76. The van der Waals surface area contributed by atoms with Crippen LogP contribution in [0.1, 0.15) is 18.1 Å². The average Bonchev–Trinajstić information content (AvgIpc) is 2.85. The van der Waals surface area contributed by atoms with Crippen LogP contribution in [-0.4, -0.2) is 23.8 Å². The summed E-state index contributed by atoms with van der Waals surface area (Å²) < 4.78 is 40.9. The molecule has 1 unspecified atom stereocenters. The maximum absolute atomic E-state index is 12.3. The molecule has 4 nitrogen and oxygen atoms in total. The molecule has 2 aromatic carbocycles. The summed E-state index contributed by atoms with van der Waals surface area (Å²) in [6.07, 6.45) is -4.70. The van der Waals surface area contributed by atoms with Crippen molar-refractivity contribution in [1.29, 1.82) is 0 Å². The Morgan fingerprint density at radius 1 is 1.12 bits per heavy atom. The third-order valence-electron chi connectivity index (χ3n) is 4.31. The molecule has 1 aliphatic rings. The maximum Gasteiger partial charge on any atom is 0.573 e. The Bertz CT molecular complexity index is 759. The number of aliphatic imine (C=N–C) groups is 1. The normalized spacial score (nSPS) is 20.5. The highest BCUT2D eigenvalue weighted by Gasteiger charge is 2.39. The smallest absolute Gasteiger partial charge is 0.406 e. The van der Waals surface area contributed by atoms with Crippen molar-refractivity contribution in [2.24, 2.45) is 10.7 Å². The highest BCUT2D eigenvalue weighted by molar-refractivity contribution is 5.81. The number of nitrogens with two attached hydrogens (primary N) is 1. The minimum atomic E-state index is -4.70. The minimum Gasteiger partial charge on any atom is -0.406 e. The highest BCUT2D eigenvalue weighted by atomic mass is 19.4. The lowest BCUT2D eigenvalue weighted by Crippen LogP contribution is -2.46. The van der Waals surface area contributed by atoms with Crippen LogP contribution in [0.4, 0.5) is 13.2 Å². The van der Waals surface area contributed by atoms with Gasteiger partial charge in [-0.15, -0.1) is 13.2 Å². The minimum absolute atomic E-state index is 0.249. The Labute approximate surface area is 143 Å². The predicted molar refractivity (Wildman–Crippen MR) is 89.0 cm³/mol. The molecule has 0 bridgehead atoms. The Kier molecular flexibility index (Phi) is 4.32. The van der Waals surface area contributed by atoms with Gasteiger partial charge in [-0.1, -0.05) is 42.5 Å². The second kappa shape index (κ2) is 6.31.